The van der Waals surface area contributed by atoms with E-state index in [0.717, 1.165) is 61.1 Å². The minimum Gasteiger partial charge on any atom is -0.494 e. The number of nitrogens with two attached hydrogens (primary N) is 1. The minimum atomic E-state index is -0.595. The Morgan fingerprint density at radius 2 is 1.74 bits per heavy atom. The number of hydrogen-bond donors (Lipinski definition) is 3. The van der Waals surface area contributed by atoms with E-state index in [1.54, 1.807) is 22.9 Å². The van der Waals surface area contributed by atoms with Gasteiger partial charge in [0.25, 0.3) is 5.91 Å². The largest absolute Gasteiger partial charge is 0.494 e. The van der Waals surface area contributed by atoms with Crippen LogP contribution in [0.2, 0.25) is 0 Å². The molecular weight excluding hydrogens is 596 g/mol. The number of piperidine rings is 1. The SMILES string of the molecule is CCn1nc(C)cc1C(=O)Nc1nc2cc(C(N)=O)cc(OC)c2n1CCCN1CCC(C(=O)Nc2ccc3ccccc3c2)CC1. The maximum absolute atomic E-state index is 13.4. The average molecular weight is 637 g/mol. The minimum absolute atomic E-state index is 0.0407. The summed E-state index contributed by atoms with van der Waals surface area (Å²) in [5.74, 6) is -0.120. The van der Waals surface area contributed by atoms with Gasteiger partial charge < -0.3 is 25.3 Å². The third-order valence-electron chi connectivity index (χ3n) is 8.80. The smallest absolute Gasteiger partial charge is 0.276 e. The van der Waals surface area contributed by atoms with E-state index in [4.69, 9.17) is 15.5 Å². The zero-order chi connectivity index (χ0) is 33.1. The highest BCUT2D eigenvalue weighted by molar-refractivity contribution is 6.04. The van der Waals surface area contributed by atoms with Gasteiger partial charge in [0.1, 0.15) is 17.0 Å². The number of aryl methyl sites for hydroxylation is 3. The molecule has 2 aromatic heterocycles. The Morgan fingerprint density at radius 3 is 2.47 bits per heavy atom. The van der Waals surface area contributed by atoms with Crippen molar-refractivity contribution in [3.8, 4) is 5.75 Å². The molecule has 5 aromatic rings. The van der Waals surface area contributed by atoms with E-state index >= 15 is 0 Å². The molecule has 0 saturated carbocycles. The number of nitrogens with one attached hydrogen (secondary N) is 2. The molecule has 0 atom stereocenters. The highest BCUT2D eigenvalue weighted by Crippen LogP contribution is 2.31. The Kier molecular flexibility index (Phi) is 9.21. The van der Waals surface area contributed by atoms with Crippen molar-refractivity contribution >= 4 is 51.2 Å². The summed E-state index contributed by atoms with van der Waals surface area (Å²) < 4.78 is 9.22. The molecule has 0 radical (unpaired) electrons. The fraction of sp³-hybridized carbons (Fsp3) is 0.343. The van der Waals surface area contributed by atoms with Gasteiger partial charge in [-0.25, -0.2) is 4.98 Å². The summed E-state index contributed by atoms with van der Waals surface area (Å²) in [5, 5.41) is 12.7. The molecule has 3 amide bonds. The van der Waals surface area contributed by atoms with Crippen LogP contribution in [0, 0.1) is 12.8 Å². The van der Waals surface area contributed by atoms with E-state index in [9.17, 15) is 14.4 Å². The summed E-state index contributed by atoms with van der Waals surface area (Å²) in [6, 6.07) is 19.1. The lowest BCUT2D eigenvalue weighted by Crippen LogP contribution is -2.38. The normalized spacial score (nSPS) is 14.0. The first-order chi connectivity index (χ1) is 22.7. The molecule has 12 nitrogen and oxygen atoms in total. The number of fused-ring (bicyclic) bond motifs is 2. The third kappa shape index (κ3) is 6.82. The van der Waals surface area contributed by atoms with Crippen LogP contribution in [0.3, 0.4) is 0 Å². The predicted octanol–water partition coefficient (Wildman–Crippen LogP) is 4.81. The van der Waals surface area contributed by atoms with E-state index in [1.165, 1.54) is 7.11 Å². The highest BCUT2D eigenvalue weighted by Gasteiger charge is 2.26. The lowest BCUT2D eigenvalue weighted by molar-refractivity contribution is -0.121. The number of imidazole rings is 1. The molecule has 1 saturated heterocycles. The van der Waals surface area contributed by atoms with E-state index in [0.29, 0.717) is 41.5 Å². The summed E-state index contributed by atoms with van der Waals surface area (Å²) in [7, 11) is 1.53. The number of primary amides is 1. The van der Waals surface area contributed by atoms with Gasteiger partial charge in [-0.1, -0.05) is 30.3 Å². The van der Waals surface area contributed by atoms with Crippen molar-refractivity contribution < 1.29 is 19.1 Å². The average Bonchev–Trinajstić information content (AvgIpc) is 3.63. The van der Waals surface area contributed by atoms with Crippen LogP contribution < -0.4 is 21.1 Å². The van der Waals surface area contributed by atoms with Gasteiger partial charge in [0.05, 0.1) is 18.3 Å². The molecule has 0 unspecified atom stereocenters. The lowest BCUT2D eigenvalue weighted by Gasteiger charge is -2.31. The number of amides is 3. The van der Waals surface area contributed by atoms with Crippen LogP contribution in [0.25, 0.3) is 21.8 Å². The molecule has 244 valence electrons. The molecule has 1 aliphatic rings. The van der Waals surface area contributed by atoms with Crippen LogP contribution in [0.1, 0.15) is 52.7 Å². The third-order valence-corrected chi connectivity index (χ3v) is 8.80. The second kappa shape index (κ2) is 13.6. The number of carbonyl (C=O) groups excluding carboxylic acids is 3. The molecule has 0 bridgehead atoms. The van der Waals surface area contributed by atoms with Crippen molar-refractivity contribution in [1.29, 1.82) is 0 Å². The summed E-state index contributed by atoms with van der Waals surface area (Å²) >= 11 is 0. The summed E-state index contributed by atoms with van der Waals surface area (Å²) in [6.07, 6.45) is 2.32. The van der Waals surface area contributed by atoms with Gasteiger partial charge in [-0.15, -0.1) is 0 Å². The molecule has 1 aliphatic heterocycles. The maximum Gasteiger partial charge on any atom is 0.276 e. The molecule has 3 heterocycles. The zero-order valence-electron chi connectivity index (χ0n) is 27.0. The molecule has 1 fully saturated rings. The number of likely N-dealkylation sites (tertiary alicyclic amines) is 1. The summed E-state index contributed by atoms with van der Waals surface area (Å²) in [5.41, 5.74) is 8.99. The van der Waals surface area contributed by atoms with E-state index in [2.05, 4.69) is 26.7 Å². The standard InChI is InChI=1S/C35H40N8O4/c1-4-43-29(18-22(2)40-43)34(46)39-35-38-28-20-26(32(36)44)21-30(47-3)31(28)42(35)15-7-14-41-16-12-24(13-17-41)33(45)37-27-11-10-23-8-5-6-9-25(23)19-27/h5-6,8-11,18-21,24H,4,7,12-17H2,1-3H3,(H2,36,44)(H,37,45)(H,38,39,46). The van der Waals surface area contributed by atoms with Crippen LogP contribution in [-0.4, -0.2) is 68.7 Å². The van der Waals surface area contributed by atoms with Crippen molar-refractivity contribution in [2.45, 2.75) is 46.2 Å². The topological polar surface area (TPSA) is 149 Å². The number of benzene rings is 3. The van der Waals surface area contributed by atoms with Crippen LogP contribution >= 0.6 is 0 Å². The molecule has 3 aromatic carbocycles. The Morgan fingerprint density at radius 1 is 0.979 bits per heavy atom. The van der Waals surface area contributed by atoms with Gasteiger partial charge in [-0.3, -0.25) is 24.4 Å². The molecule has 4 N–H and O–H groups in total. The predicted molar refractivity (Wildman–Crippen MR) is 182 cm³/mol. The Labute approximate surface area is 272 Å². The van der Waals surface area contributed by atoms with Crippen molar-refractivity contribution in [2.24, 2.45) is 11.7 Å². The fourth-order valence-electron chi connectivity index (χ4n) is 6.36. The number of methoxy groups -OCH3 is 1. The second-order valence-electron chi connectivity index (χ2n) is 12.0. The quantitative estimate of drug-likeness (QED) is 0.188. The highest BCUT2D eigenvalue weighted by atomic mass is 16.5. The van der Waals surface area contributed by atoms with E-state index in [1.807, 2.05) is 54.8 Å². The zero-order valence-corrected chi connectivity index (χ0v) is 27.0. The summed E-state index contributed by atoms with van der Waals surface area (Å²) in [4.78, 5) is 45.5. The van der Waals surface area contributed by atoms with Crippen LogP contribution in [0.5, 0.6) is 5.75 Å². The Balaban J connectivity index is 1.12. The van der Waals surface area contributed by atoms with Crippen molar-refractivity contribution in [3.63, 3.8) is 0 Å². The van der Waals surface area contributed by atoms with Crippen LogP contribution in [-0.2, 0) is 17.9 Å². The first-order valence-corrected chi connectivity index (χ1v) is 16.0. The number of aromatic nitrogens is 4. The maximum atomic E-state index is 13.4. The molecular formula is C35H40N8O4. The second-order valence-corrected chi connectivity index (χ2v) is 12.0. The first-order valence-electron chi connectivity index (χ1n) is 16.0. The number of ether oxygens (including phenoxy) is 1. The Hall–Kier alpha value is -5.23. The number of rotatable bonds is 11. The number of nitrogens with zero attached hydrogens (tertiary/aromatic N) is 5. The Bertz CT molecular complexity index is 1950. The van der Waals surface area contributed by atoms with Gasteiger partial charge in [0.2, 0.25) is 17.8 Å². The van der Waals surface area contributed by atoms with Gasteiger partial charge in [-0.05, 0) is 93.8 Å². The molecule has 0 aliphatic carbocycles. The van der Waals surface area contributed by atoms with Gasteiger partial charge in [-0.2, -0.15) is 5.10 Å². The molecule has 6 rings (SSSR count). The van der Waals surface area contributed by atoms with E-state index in [-0.39, 0.29) is 23.3 Å². The number of carbonyl (C=O) groups is 3. The van der Waals surface area contributed by atoms with Gasteiger partial charge in [0.15, 0.2) is 0 Å². The monoisotopic (exact) mass is 636 g/mol. The molecule has 47 heavy (non-hydrogen) atoms. The lowest BCUT2D eigenvalue weighted by atomic mass is 9.95. The van der Waals surface area contributed by atoms with Crippen molar-refractivity contribution in [2.75, 3.05) is 37.4 Å². The molecule has 12 heteroatoms. The van der Waals surface area contributed by atoms with Gasteiger partial charge >= 0.3 is 0 Å². The van der Waals surface area contributed by atoms with Crippen molar-refractivity contribution in [3.05, 3.63) is 77.6 Å². The van der Waals surface area contributed by atoms with Gasteiger partial charge in [0, 0.05) is 30.3 Å². The van der Waals surface area contributed by atoms with E-state index < -0.39 is 5.91 Å². The van der Waals surface area contributed by atoms with Crippen LogP contribution in [0.4, 0.5) is 11.6 Å². The van der Waals surface area contributed by atoms with Crippen molar-refractivity contribution in [1.82, 2.24) is 24.2 Å². The van der Waals surface area contributed by atoms with Crippen LogP contribution in [0.15, 0.2) is 60.7 Å². The summed E-state index contributed by atoms with van der Waals surface area (Å²) in [6.45, 7) is 7.28. The first kappa shape index (κ1) is 31.7. The number of anilines is 2. The fourth-order valence-corrected chi connectivity index (χ4v) is 6.36. The molecule has 0 spiro atoms. The number of hydrogen-bond acceptors (Lipinski definition) is 7.